The fourth-order valence-electron chi connectivity index (χ4n) is 2.01. The number of carbonyl (C=O) groups excluding carboxylic acids is 1. The van der Waals surface area contributed by atoms with E-state index in [2.05, 4.69) is 10.0 Å². The maximum atomic E-state index is 12.2. The molecule has 25 heavy (non-hydrogen) atoms. The van der Waals surface area contributed by atoms with Crippen LogP contribution < -0.4 is 14.8 Å². The first-order valence-electron chi connectivity index (χ1n) is 7.47. The van der Waals surface area contributed by atoms with Gasteiger partial charge in [0.15, 0.2) is 6.61 Å². The zero-order chi connectivity index (χ0) is 18.3. The number of nitriles is 1. The van der Waals surface area contributed by atoms with Crippen LogP contribution >= 0.6 is 0 Å². The molecular weight excluding hydrogens is 342 g/mol. The Hall–Kier alpha value is -2.89. The predicted octanol–water partition coefficient (Wildman–Crippen LogP) is 2.14. The van der Waals surface area contributed by atoms with Crippen molar-refractivity contribution in [2.24, 2.45) is 0 Å². The standard InChI is InChI=1S/C17H17N3O4S/c1-2-19-25(22,23)16-9-3-13(4-10-16)17(21)20-14-5-7-15(8-6-14)24-12-11-18/h3-10,19H,2,12H2,1H3,(H,20,21). The van der Waals surface area contributed by atoms with Crippen molar-refractivity contribution in [3.63, 3.8) is 0 Å². The second-order valence-electron chi connectivity index (χ2n) is 4.95. The molecule has 0 saturated heterocycles. The lowest BCUT2D eigenvalue weighted by Crippen LogP contribution is -2.23. The second-order valence-corrected chi connectivity index (χ2v) is 6.72. The zero-order valence-corrected chi connectivity index (χ0v) is 14.3. The van der Waals surface area contributed by atoms with E-state index in [0.717, 1.165) is 0 Å². The van der Waals surface area contributed by atoms with Crippen LogP contribution in [-0.4, -0.2) is 27.5 Å². The summed E-state index contributed by atoms with van der Waals surface area (Å²) >= 11 is 0. The molecule has 0 aliphatic carbocycles. The molecule has 8 heteroatoms. The second kappa shape index (κ2) is 8.28. The lowest BCUT2D eigenvalue weighted by molar-refractivity contribution is 0.102. The highest BCUT2D eigenvalue weighted by molar-refractivity contribution is 7.89. The fourth-order valence-corrected chi connectivity index (χ4v) is 3.05. The summed E-state index contributed by atoms with van der Waals surface area (Å²) in [7, 11) is -3.54. The van der Waals surface area contributed by atoms with Crippen molar-refractivity contribution >= 4 is 21.6 Å². The van der Waals surface area contributed by atoms with Crippen LogP contribution in [0.2, 0.25) is 0 Å². The SMILES string of the molecule is CCNS(=O)(=O)c1ccc(C(=O)Nc2ccc(OCC#N)cc2)cc1. The molecule has 0 unspecified atom stereocenters. The number of amides is 1. The lowest BCUT2D eigenvalue weighted by atomic mass is 10.2. The highest BCUT2D eigenvalue weighted by Crippen LogP contribution is 2.17. The number of ether oxygens (including phenoxy) is 1. The molecule has 0 spiro atoms. The van der Waals surface area contributed by atoms with E-state index in [0.29, 0.717) is 23.5 Å². The van der Waals surface area contributed by atoms with Crippen molar-refractivity contribution in [2.45, 2.75) is 11.8 Å². The van der Waals surface area contributed by atoms with E-state index in [-0.39, 0.29) is 17.4 Å². The first-order valence-corrected chi connectivity index (χ1v) is 8.95. The molecule has 1 amide bonds. The summed E-state index contributed by atoms with van der Waals surface area (Å²) in [5, 5.41) is 11.2. The molecular formula is C17H17N3O4S. The molecule has 0 aliphatic rings. The molecule has 7 nitrogen and oxygen atoms in total. The molecule has 0 aliphatic heterocycles. The largest absolute Gasteiger partial charge is 0.479 e. The first kappa shape index (κ1) is 18.4. The van der Waals surface area contributed by atoms with E-state index in [9.17, 15) is 13.2 Å². The van der Waals surface area contributed by atoms with Crippen molar-refractivity contribution in [2.75, 3.05) is 18.5 Å². The van der Waals surface area contributed by atoms with Crippen LogP contribution in [-0.2, 0) is 10.0 Å². The monoisotopic (exact) mass is 359 g/mol. The van der Waals surface area contributed by atoms with Gasteiger partial charge in [-0.2, -0.15) is 5.26 Å². The number of hydrogen-bond acceptors (Lipinski definition) is 5. The zero-order valence-electron chi connectivity index (χ0n) is 13.5. The molecule has 2 aromatic carbocycles. The van der Waals surface area contributed by atoms with Crippen molar-refractivity contribution in [3.8, 4) is 11.8 Å². The van der Waals surface area contributed by atoms with Gasteiger partial charge in [0.05, 0.1) is 4.90 Å². The molecule has 0 aromatic heterocycles. The van der Waals surface area contributed by atoms with Gasteiger partial charge in [0.25, 0.3) is 5.91 Å². The van der Waals surface area contributed by atoms with Gasteiger partial charge >= 0.3 is 0 Å². The van der Waals surface area contributed by atoms with Gasteiger partial charge < -0.3 is 10.1 Å². The molecule has 0 bridgehead atoms. The quantitative estimate of drug-likeness (QED) is 0.787. The van der Waals surface area contributed by atoms with Gasteiger partial charge in [0.2, 0.25) is 10.0 Å². The number of rotatable bonds is 7. The van der Waals surface area contributed by atoms with Crippen LogP contribution in [0, 0.1) is 11.3 Å². The van der Waals surface area contributed by atoms with Crippen molar-refractivity contribution < 1.29 is 17.9 Å². The molecule has 2 N–H and O–H groups in total. The van der Waals surface area contributed by atoms with Crippen LogP contribution in [0.1, 0.15) is 17.3 Å². The van der Waals surface area contributed by atoms with Crippen LogP contribution in [0.15, 0.2) is 53.4 Å². The minimum atomic E-state index is -3.54. The van der Waals surface area contributed by atoms with E-state index in [1.54, 1.807) is 31.2 Å². The number of hydrogen-bond donors (Lipinski definition) is 2. The Morgan fingerprint density at radius 1 is 1.12 bits per heavy atom. The topological polar surface area (TPSA) is 108 Å². The van der Waals surface area contributed by atoms with Crippen molar-refractivity contribution in [3.05, 3.63) is 54.1 Å². The van der Waals surface area contributed by atoms with E-state index < -0.39 is 10.0 Å². The fraction of sp³-hybridized carbons (Fsp3) is 0.176. The summed E-state index contributed by atoms with van der Waals surface area (Å²) in [6.07, 6.45) is 0. The van der Waals surface area contributed by atoms with Crippen LogP contribution in [0.5, 0.6) is 5.75 Å². The molecule has 2 aromatic rings. The Labute approximate surface area is 146 Å². The molecule has 0 heterocycles. The van der Waals surface area contributed by atoms with Gasteiger partial charge in [-0.15, -0.1) is 0 Å². The Morgan fingerprint density at radius 3 is 2.32 bits per heavy atom. The minimum absolute atomic E-state index is 0.0478. The third kappa shape index (κ3) is 5.04. The van der Waals surface area contributed by atoms with Gasteiger partial charge in [-0.05, 0) is 48.5 Å². The summed E-state index contributed by atoms with van der Waals surface area (Å²) in [5.74, 6) is 0.163. The Balaban J connectivity index is 2.05. The highest BCUT2D eigenvalue weighted by Gasteiger charge is 2.13. The summed E-state index contributed by atoms with van der Waals surface area (Å²) < 4.78 is 31.2. The number of carbonyl (C=O) groups is 1. The highest BCUT2D eigenvalue weighted by atomic mass is 32.2. The number of nitrogens with zero attached hydrogens (tertiary/aromatic N) is 1. The lowest BCUT2D eigenvalue weighted by Gasteiger charge is -2.08. The maximum absolute atomic E-state index is 12.2. The average Bonchev–Trinajstić information content (AvgIpc) is 2.61. The van der Waals surface area contributed by atoms with E-state index in [1.807, 2.05) is 6.07 Å². The van der Waals surface area contributed by atoms with Gasteiger partial charge in [-0.25, -0.2) is 13.1 Å². The first-order chi connectivity index (χ1) is 12.0. The molecule has 0 fully saturated rings. The summed E-state index contributed by atoms with van der Waals surface area (Å²) in [6.45, 7) is 1.93. The normalized spacial score (nSPS) is 10.7. The Kier molecular flexibility index (Phi) is 6.11. The predicted molar refractivity (Wildman–Crippen MR) is 92.8 cm³/mol. The number of benzene rings is 2. The molecule has 0 atom stereocenters. The number of sulfonamides is 1. The summed E-state index contributed by atoms with van der Waals surface area (Å²) in [6, 6.07) is 14.1. The van der Waals surface area contributed by atoms with Gasteiger partial charge in [-0.3, -0.25) is 4.79 Å². The minimum Gasteiger partial charge on any atom is -0.479 e. The number of anilines is 1. The van der Waals surface area contributed by atoms with E-state index in [1.165, 1.54) is 24.3 Å². The van der Waals surface area contributed by atoms with Crippen LogP contribution in [0.3, 0.4) is 0 Å². The summed E-state index contributed by atoms with van der Waals surface area (Å²) in [5.41, 5.74) is 0.888. The van der Waals surface area contributed by atoms with E-state index >= 15 is 0 Å². The van der Waals surface area contributed by atoms with Crippen molar-refractivity contribution in [1.29, 1.82) is 5.26 Å². The third-order valence-corrected chi connectivity index (χ3v) is 4.74. The Bertz CT molecular complexity index is 870. The molecule has 0 saturated carbocycles. The van der Waals surface area contributed by atoms with Crippen LogP contribution in [0.4, 0.5) is 5.69 Å². The molecule has 130 valence electrons. The molecule has 0 radical (unpaired) electrons. The van der Waals surface area contributed by atoms with Gasteiger partial charge in [-0.1, -0.05) is 6.92 Å². The van der Waals surface area contributed by atoms with Gasteiger partial charge in [0, 0.05) is 17.8 Å². The third-order valence-electron chi connectivity index (χ3n) is 3.18. The Morgan fingerprint density at radius 2 is 1.76 bits per heavy atom. The van der Waals surface area contributed by atoms with E-state index in [4.69, 9.17) is 10.00 Å². The number of nitrogens with one attached hydrogen (secondary N) is 2. The van der Waals surface area contributed by atoms with Crippen LogP contribution in [0.25, 0.3) is 0 Å². The van der Waals surface area contributed by atoms with Gasteiger partial charge in [0.1, 0.15) is 11.8 Å². The molecule has 2 rings (SSSR count). The average molecular weight is 359 g/mol. The summed E-state index contributed by atoms with van der Waals surface area (Å²) in [4.78, 5) is 12.3. The maximum Gasteiger partial charge on any atom is 0.255 e. The smallest absolute Gasteiger partial charge is 0.255 e. The van der Waals surface area contributed by atoms with Crippen molar-refractivity contribution in [1.82, 2.24) is 4.72 Å².